The largest absolute Gasteiger partial charge is 0.618 e. The molecule has 0 bridgehead atoms. The quantitative estimate of drug-likeness (QED) is 0.588. The second kappa shape index (κ2) is 3.88. The van der Waals surface area contributed by atoms with Gasteiger partial charge in [-0.2, -0.15) is 4.73 Å². The molecule has 1 amide bonds. The van der Waals surface area contributed by atoms with E-state index in [1.165, 1.54) is 25.1 Å². The average Bonchev–Trinajstić information content (AvgIpc) is 3.01. The first-order valence-electron chi connectivity index (χ1n) is 5.17. The van der Waals surface area contributed by atoms with Crippen molar-refractivity contribution in [1.29, 1.82) is 0 Å². The van der Waals surface area contributed by atoms with Crippen molar-refractivity contribution >= 4 is 5.91 Å². The van der Waals surface area contributed by atoms with Crippen molar-refractivity contribution in [3.63, 3.8) is 0 Å². The Kier molecular flexibility index (Phi) is 2.58. The third-order valence-corrected chi connectivity index (χ3v) is 2.74. The predicted molar refractivity (Wildman–Crippen MR) is 55.1 cm³/mol. The number of nitrogens with one attached hydrogen (secondary N) is 1. The fraction of sp³-hybridized carbons (Fsp3) is 0.455. The van der Waals surface area contributed by atoms with Crippen LogP contribution in [-0.4, -0.2) is 11.9 Å². The molecule has 80 valence electrons. The second-order valence-electron chi connectivity index (χ2n) is 4.01. The molecule has 15 heavy (non-hydrogen) atoms. The highest BCUT2D eigenvalue weighted by Gasteiger charge is 2.30. The van der Waals surface area contributed by atoms with E-state index in [1.54, 1.807) is 12.1 Å². The Balaban J connectivity index is 2.04. The van der Waals surface area contributed by atoms with Crippen LogP contribution in [0.2, 0.25) is 0 Å². The first-order chi connectivity index (χ1) is 7.18. The minimum atomic E-state index is -0.287. The molecule has 0 aromatic carbocycles. The van der Waals surface area contributed by atoms with E-state index in [0.29, 0.717) is 10.6 Å². The highest BCUT2D eigenvalue weighted by atomic mass is 16.5. The summed E-state index contributed by atoms with van der Waals surface area (Å²) in [4.78, 5) is 11.7. The van der Waals surface area contributed by atoms with Gasteiger partial charge in [-0.3, -0.25) is 4.79 Å². The zero-order valence-corrected chi connectivity index (χ0v) is 8.64. The Morgan fingerprint density at radius 1 is 1.60 bits per heavy atom. The molecule has 1 saturated carbocycles. The van der Waals surface area contributed by atoms with Crippen LogP contribution in [0.25, 0.3) is 0 Å². The van der Waals surface area contributed by atoms with Crippen molar-refractivity contribution in [3.8, 4) is 0 Å². The molecule has 0 spiro atoms. The molecule has 0 saturated heterocycles. The van der Waals surface area contributed by atoms with Gasteiger partial charge in [0.15, 0.2) is 6.20 Å². The van der Waals surface area contributed by atoms with Crippen molar-refractivity contribution in [1.82, 2.24) is 5.32 Å². The van der Waals surface area contributed by atoms with Gasteiger partial charge in [0.05, 0.1) is 0 Å². The van der Waals surface area contributed by atoms with E-state index in [2.05, 4.69) is 5.32 Å². The number of carbonyl (C=O) groups is 1. The molecule has 2 rings (SSSR count). The van der Waals surface area contributed by atoms with Gasteiger partial charge < -0.3 is 10.5 Å². The average molecular weight is 206 g/mol. The summed E-state index contributed by atoms with van der Waals surface area (Å²) in [6.45, 7) is 1.98. The number of amides is 1. The number of rotatable bonds is 3. The summed E-state index contributed by atoms with van der Waals surface area (Å²) in [5, 5.41) is 14.1. The molecule has 1 aliphatic carbocycles. The summed E-state index contributed by atoms with van der Waals surface area (Å²) in [5.41, 5.74) is 0.157. The lowest BCUT2D eigenvalue weighted by Gasteiger charge is -2.11. The third kappa shape index (κ3) is 2.26. The normalized spacial score (nSPS) is 17.1. The lowest BCUT2D eigenvalue weighted by Crippen LogP contribution is -2.42. The van der Waals surface area contributed by atoms with Crippen molar-refractivity contribution in [2.24, 2.45) is 5.92 Å². The molecule has 1 aliphatic rings. The molecule has 4 heteroatoms. The number of nitrogens with zero attached hydrogens (tertiary/aromatic N) is 1. The summed E-state index contributed by atoms with van der Waals surface area (Å²) in [6, 6.07) is 4.99. The van der Waals surface area contributed by atoms with Crippen LogP contribution in [0, 0.1) is 11.1 Å². The van der Waals surface area contributed by atoms with E-state index in [4.69, 9.17) is 0 Å². The molecular weight excluding hydrogens is 192 g/mol. The van der Waals surface area contributed by atoms with E-state index in [-0.39, 0.29) is 17.6 Å². The monoisotopic (exact) mass is 206 g/mol. The maximum Gasteiger partial charge on any atom is 0.317 e. The van der Waals surface area contributed by atoms with Crippen LogP contribution in [0.15, 0.2) is 24.4 Å². The summed E-state index contributed by atoms with van der Waals surface area (Å²) < 4.78 is 0.592. The van der Waals surface area contributed by atoms with Gasteiger partial charge in [-0.25, -0.2) is 0 Å². The second-order valence-corrected chi connectivity index (χ2v) is 4.01. The summed E-state index contributed by atoms with van der Waals surface area (Å²) >= 11 is 0. The topological polar surface area (TPSA) is 56.0 Å². The Hall–Kier alpha value is -1.58. The molecule has 0 unspecified atom stereocenters. The highest BCUT2D eigenvalue weighted by Crippen LogP contribution is 2.32. The summed E-state index contributed by atoms with van der Waals surface area (Å²) in [6.07, 6.45) is 3.68. The van der Waals surface area contributed by atoms with Gasteiger partial charge in [-0.15, -0.1) is 0 Å². The van der Waals surface area contributed by atoms with Crippen molar-refractivity contribution < 1.29 is 9.52 Å². The van der Waals surface area contributed by atoms with Crippen LogP contribution in [0.1, 0.15) is 30.3 Å². The number of hydrogen-bond donors (Lipinski definition) is 1. The van der Waals surface area contributed by atoms with Gasteiger partial charge in [0.25, 0.3) is 5.69 Å². The fourth-order valence-corrected chi connectivity index (χ4v) is 1.60. The van der Waals surface area contributed by atoms with E-state index < -0.39 is 0 Å². The molecule has 1 N–H and O–H groups in total. The standard InChI is InChI=1S/C11H14N2O2/c1-8(9-5-6-9)12-11(14)10-4-2-3-7-13(10)15/h2-4,7-9H,5-6H2,1H3,(H,12,14)/t8-/m1/s1. The van der Waals surface area contributed by atoms with Gasteiger partial charge in [0, 0.05) is 18.2 Å². The number of hydrogen-bond acceptors (Lipinski definition) is 2. The van der Waals surface area contributed by atoms with Crippen LogP contribution in [0.5, 0.6) is 0 Å². The number of pyridine rings is 1. The smallest absolute Gasteiger partial charge is 0.317 e. The van der Waals surface area contributed by atoms with Crippen molar-refractivity contribution in [2.75, 3.05) is 0 Å². The Morgan fingerprint density at radius 2 is 2.33 bits per heavy atom. The van der Waals surface area contributed by atoms with Crippen molar-refractivity contribution in [3.05, 3.63) is 35.3 Å². The van der Waals surface area contributed by atoms with Gasteiger partial charge in [-0.1, -0.05) is 0 Å². The maximum atomic E-state index is 11.7. The predicted octanol–water partition coefficient (Wildman–Crippen LogP) is 0.848. The van der Waals surface area contributed by atoms with Gasteiger partial charge >= 0.3 is 5.91 Å². The number of carbonyl (C=O) groups excluding carboxylic acids is 1. The molecular formula is C11H14N2O2. The van der Waals surface area contributed by atoms with E-state index in [0.717, 1.165) is 0 Å². The summed E-state index contributed by atoms with van der Waals surface area (Å²) in [5.74, 6) is 0.308. The van der Waals surface area contributed by atoms with Crippen LogP contribution < -0.4 is 10.0 Å². The maximum absolute atomic E-state index is 11.7. The highest BCUT2D eigenvalue weighted by molar-refractivity contribution is 5.91. The first kappa shape index (κ1) is 9.96. The molecule has 1 atom stereocenters. The Morgan fingerprint density at radius 3 is 2.93 bits per heavy atom. The molecule has 1 aromatic rings. The van der Waals surface area contributed by atoms with Crippen LogP contribution in [-0.2, 0) is 0 Å². The lowest BCUT2D eigenvalue weighted by atomic mass is 10.2. The third-order valence-electron chi connectivity index (χ3n) is 2.74. The zero-order valence-electron chi connectivity index (χ0n) is 8.64. The van der Waals surface area contributed by atoms with Crippen LogP contribution >= 0.6 is 0 Å². The molecule has 4 nitrogen and oxygen atoms in total. The fourth-order valence-electron chi connectivity index (χ4n) is 1.60. The SMILES string of the molecule is C[C@@H](NC(=O)c1cccc[n+]1[O-])C1CC1. The van der Waals surface area contributed by atoms with Crippen LogP contribution in [0.3, 0.4) is 0 Å². The van der Waals surface area contributed by atoms with Gasteiger partial charge in [-0.05, 0) is 31.7 Å². The minimum absolute atomic E-state index is 0.157. The van der Waals surface area contributed by atoms with E-state index in [1.807, 2.05) is 6.92 Å². The molecule has 1 fully saturated rings. The van der Waals surface area contributed by atoms with Gasteiger partial charge in [0.2, 0.25) is 0 Å². The Bertz CT molecular complexity index is 375. The van der Waals surface area contributed by atoms with E-state index >= 15 is 0 Å². The van der Waals surface area contributed by atoms with Gasteiger partial charge in [0.1, 0.15) is 0 Å². The molecule has 1 aromatic heterocycles. The molecule has 1 heterocycles. The molecule has 0 aliphatic heterocycles. The van der Waals surface area contributed by atoms with E-state index in [9.17, 15) is 10.0 Å². The summed E-state index contributed by atoms with van der Waals surface area (Å²) in [7, 11) is 0. The first-order valence-corrected chi connectivity index (χ1v) is 5.17. The number of aromatic nitrogens is 1. The van der Waals surface area contributed by atoms with Crippen LogP contribution in [0.4, 0.5) is 0 Å². The Labute approximate surface area is 88.5 Å². The minimum Gasteiger partial charge on any atom is -0.618 e. The zero-order chi connectivity index (χ0) is 10.8. The lowest BCUT2D eigenvalue weighted by molar-refractivity contribution is -0.607. The molecule has 0 radical (unpaired) electrons. The van der Waals surface area contributed by atoms with Crippen molar-refractivity contribution in [2.45, 2.75) is 25.8 Å².